The van der Waals surface area contributed by atoms with E-state index in [4.69, 9.17) is 20.3 Å². The summed E-state index contributed by atoms with van der Waals surface area (Å²) in [7, 11) is 0. The summed E-state index contributed by atoms with van der Waals surface area (Å²) < 4.78 is 11.2. The number of hydrogen-bond donors (Lipinski definition) is 2. The van der Waals surface area contributed by atoms with Gasteiger partial charge in [0, 0.05) is 0 Å². The molecule has 1 atom stereocenters. The minimum atomic E-state index is -0.984. The first kappa shape index (κ1) is 19.0. The molecule has 23 heavy (non-hydrogen) atoms. The number of benzene rings is 2. The summed E-state index contributed by atoms with van der Waals surface area (Å²) in [5, 5.41) is 8.67. The minimum Gasteiger partial charge on any atom is -0.494 e. The fourth-order valence-corrected chi connectivity index (χ4v) is 1.85. The van der Waals surface area contributed by atoms with E-state index in [0.717, 1.165) is 11.5 Å². The molecule has 124 valence electrons. The zero-order valence-corrected chi connectivity index (χ0v) is 14.3. The lowest BCUT2D eigenvalue weighted by Gasteiger charge is -2.09. The highest BCUT2D eigenvalue weighted by Gasteiger charge is 2.10. The highest BCUT2D eigenvalue weighted by Crippen LogP contribution is 2.23. The number of carbonyl (C=O) groups is 1. The molecule has 0 bridgehead atoms. The van der Waals surface area contributed by atoms with E-state index in [-0.39, 0.29) is 17.0 Å². The molecule has 0 radical (unpaired) electrons. The summed E-state index contributed by atoms with van der Waals surface area (Å²) >= 11 is 0. The molecule has 0 saturated carbocycles. The smallest absolute Gasteiger partial charge is 0.320 e. The molecule has 2 aromatic carbocycles. The van der Waals surface area contributed by atoms with Gasteiger partial charge < -0.3 is 20.3 Å². The number of halogens is 1. The normalized spacial score (nSPS) is 11.2. The molecule has 3 N–H and O–H groups in total. The standard InChI is InChI=1S/C17H19NO4.BrH/c18-16(17(19)20)7-4-12-21-13-8-10-15(11-9-13)22-14-5-2-1-3-6-14;/h1-3,5-6,8-11,16H,4,7,12,18H2,(H,19,20);1H/t16-;/m0./s1. The van der Waals surface area contributed by atoms with Crippen LogP contribution >= 0.6 is 17.0 Å². The van der Waals surface area contributed by atoms with Crippen LogP contribution in [-0.4, -0.2) is 23.7 Å². The van der Waals surface area contributed by atoms with E-state index in [1.807, 2.05) is 54.6 Å². The predicted octanol–water partition coefficient (Wildman–Crippen LogP) is 3.63. The molecule has 2 aromatic rings. The van der Waals surface area contributed by atoms with E-state index >= 15 is 0 Å². The van der Waals surface area contributed by atoms with Crippen LogP contribution < -0.4 is 15.2 Å². The van der Waals surface area contributed by atoms with E-state index in [0.29, 0.717) is 25.2 Å². The number of aliphatic carboxylic acids is 1. The highest BCUT2D eigenvalue weighted by atomic mass is 79.9. The van der Waals surface area contributed by atoms with Crippen molar-refractivity contribution in [2.45, 2.75) is 18.9 Å². The van der Waals surface area contributed by atoms with Crippen LogP contribution in [0.25, 0.3) is 0 Å². The summed E-state index contributed by atoms with van der Waals surface area (Å²) in [5.74, 6) is 1.23. The number of rotatable bonds is 8. The molecule has 0 aromatic heterocycles. The molecule has 0 fully saturated rings. The van der Waals surface area contributed by atoms with Gasteiger partial charge in [-0.25, -0.2) is 0 Å². The van der Waals surface area contributed by atoms with Crippen molar-refractivity contribution in [3.8, 4) is 17.2 Å². The fraction of sp³-hybridized carbons (Fsp3) is 0.235. The lowest BCUT2D eigenvalue weighted by atomic mass is 10.2. The lowest BCUT2D eigenvalue weighted by Crippen LogP contribution is -2.30. The van der Waals surface area contributed by atoms with Gasteiger partial charge in [0.25, 0.3) is 0 Å². The zero-order chi connectivity index (χ0) is 15.8. The Morgan fingerprint density at radius 2 is 1.57 bits per heavy atom. The Labute approximate surface area is 145 Å². The largest absolute Gasteiger partial charge is 0.494 e. The van der Waals surface area contributed by atoms with Crippen LogP contribution in [0, 0.1) is 0 Å². The first-order valence-corrected chi connectivity index (χ1v) is 7.09. The summed E-state index contributed by atoms with van der Waals surface area (Å²) in [4.78, 5) is 10.6. The van der Waals surface area contributed by atoms with Gasteiger partial charge in [0.15, 0.2) is 0 Å². The van der Waals surface area contributed by atoms with Gasteiger partial charge in [-0.15, -0.1) is 17.0 Å². The number of ether oxygens (including phenoxy) is 2. The van der Waals surface area contributed by atoms with Crippen molar-refractivity contribution >= 4 is 23.0 Å². The topological polar surface area (TPSA) is 81.8 Å². The average molecular weight is 382 g/mol. The Kier molecular flexibility index (Phi) is 8.15. The molecule has 0 aliphatic heterocycles. The number of para-hydroxylation sites is 1. The fourth-order valence-electron chi connectivity index (χ4n) is 1.85. The van der Waals surface area contributed by atoms with Crippen LogP contribution in [-0.2, 0) is 4.79 Å². The van der Waals surface area contributed by atoms with E-state index in [1.54, 1.807) is 0 Å². The third-order valence-electron chi connectivity index (χ3n) is 3.05. The van der Waals surface area contributed by atoms with Crippen LogP contribution in [0.5, 0.6) is 17.2 Å². The van der Waals surface area contributed by atoms with Crippen molar-refractivity contribution < 1.29 is 19.4 Å². The van der Waals surface area contributed by atoms with E-state index in [1.165, 1.54) is 0 Å². The molecule has 5 nitrogen and oxygen atoms in total. The third kappa shape index (κ3) is 6.71. The third-order valence-corrected chi connectivity index (χ3v) is 3.05. The van der Waals surface area contributed by atoms with Gasteiger partial charge in [-0.2, -0.15) is 0 Å². The second-order valence-electron chi connectivity index (χ2n) is 4.82. The summed E-state index contributed by atoms with van der Waals surface area (Å²) in [5.41, 5.74) is 5.42. The van der Waals surface area contributed by atoms with Crippen molar-refractivity contribution in [1.29, 1.82) is 0 Å². The molecular weight excluding hydrogens is 362 g/mol. The van der Waals surface area contributed by atoms with Crippen LogP contribution in [0.15, 0.2) is 54.6 Å². The van der Waals surface area contributed by atoms with Crippen molar-refractivity contribution in [1.82, 2.24) is 0 Å². The van der Waals surface area contributed by atoms with Crippen LogP contribution in [0.3, 0.4) is 0 Å². The first-order valence-electron chi connectivity index (χ1n) is 7.09. The van der Waals surface area contributed by atoms with Gasteiger partial charge in [-0.05, 0) is 49.2 Å². The van der Waals surface area contributed by atoms with Gasteiger partial charge >= 0.3 is 5.97 Å². The summed E-state index contributed by atoms with van der Waals surface area (Å²) in [6, 6.07) is 16.0. The molecule has 0 heterocycles. The molecule has 0 spiro atoms. The molecule has 0 amide bonds. The zero-order valence-electron chi connectivity index (χ0n) is 12.6. The van der Waals surface area contributed by atoms with Crippen LogP contribution in [0.2, 0.25) is 0 Å². The Balaban J connectivity index is 0.00000264. The van der Waals surface area contributed by atoms with Gasteiger partial charge in [0.05, 0.1) is 6.61 Å². The maximum absolute atomic E-state index is 10.6. The molecule has 0 unspecified atom stereocenters. The van der Waals surface area contributed by atoms with Gasteiger partial charge in [0.2, 0.25) is 0 Å². The first-order chi connectivity index (χ1) is 10.6. The molecule has 0 aliphatic carbocycles. The Bertz CT molecular complexity index is 589. The van der Waals surface area contributed by atoms with Crippen molar-refractivity contribution in [2.24, 2.45) is 5.73 Å². The SMILES string of the molecule is Br.N[C@@H](CCCOc1ccc(Oc2ccccc2)cc1)C(=O)O. The summed E-state index contributed by atoms with van der Waals surface area (Å²) in [6.45, 7) is 0.430. The Morgan fingerprint density at radius 1 is 1.00 bits per heavy atom. The Hall–Kier alpha value is -2.05. The lowest BCUT2D eigenvalue weighted by molar-refractivity contribution is -0.138. The second kappa shape index (κ2) is 9.86. The number of nitrogens with two attached hydrogens (primary N) is 1. The molecule has 0 aliphatic rings. The Morgan fingerprint density at radius 3 is 2.17 bits per heavy atom. The highest BCUT2D eigenvalue weighted by molar-refractivity contribution is 8.93. The van der Waals surface area contributed by atoms with E-state index in [2.05, 4.69) is 0 Å². The van der Waals surface area contributed by atoms with Gasteiger partial charge in [0.1, 0.15) is 23.3 Å². The maximum Gasteiger partial charge on any atom is 0.320 e. The predicted molar refractivity (Wildman–Crippen MR) is 93.6 cm³/mol. The van der Waals surface area contributed by atoms with Crippen molar-refractivity contribution in [2.75, 3.05) is 6.61 Å². The van der Waals surface area contributed by atoms with Crippen LogP contribution in [0.1, 0.15) is 12.8 Å². The van der Waals surface area contributed by atoms with Crippen LogP contribution in [0.4, 0.5) is 0 Å². The van der Waals surface area contributed by atoms with Crippen molar-refractivity contribution in [3.05, 3.63) is 54.6 Å². The van der Waals surface area contributed by atoms with E-state index < -0.39 is 12.0 Å². The summed E-state index contributed by atoms with van der Waals surface area (Å²) in [6.07, 6.45) is 0.986. The van der Waals surface area contributed by atoms with Gasteiger partial charge in [-0.3, -0.25) is 4.79 Å². The number of hydrogen-bond acceptors (Lipinski definition) is 4. The number of carboxylic acids is 1. The monoisotopic (exact) mass is 381 g/mol. The molecule has 0 saturated heterocycles. The second-order valence-corrected chi connectivity index (χ2v) is 4.82. The average Bonchev–Trinajstić information content (AvgIpc) is 2.53. The molecule has 6 heteroatoms. The van der Waals surface area contributed by atoms with E-state index in [9.17, 15) is 4.79 Å². The minimum absolute atomic E-state index is 0. The maximum atomic E-state index is 10.6. The molecule has 2 rings (SSSR count). The quantitative estimate of drug-likeness (QED) is 0.682. The van der Waals surface area contributed by atoms with Crippen molar-refractivity contribution in [3.63, 3.8) is 0 Å². The number of carboxylic acid groups (broad SMARTS) is 1. The van der Waals surface area contributed by atoms with Gasteiger partial charge in [-0.1, -0.05) is 18.2 Å². The molecular formula is C17H20BrNO4.